The first-order valence-corrected chi connectivity index (χ1v) is 10.3. The lowest BCUT2D eigenvalue weighted by atomic mass is 9.92. The molecule has 29 heavy (non-hydrogen) atoms. The standard InChI is InChI=1S/C26H25N3/c1-3-9-23(21(8-1)19-29-15-13-27-14-16-29)25-11-5-4-10-24(25)22-17-20-7-2-6-12-26(20)28-18-22/h1-12,17-18,27H,13-16,19H2. The Hall–Kier alpha value is -3.01. The van der Waals surface area contributed by atoms with Crippen LogP contribution in [0.2, 0.25) is 0 Å². The Kier molecular flexibility index (Phi) is 5.08. The van der Waals surface area contributed by atoms with Crippen molar-refractivity contribution in [2.75, 3.05) is 26.2 Å². The molecule has 4 aromatic rings. The Morgan fingerprint density at radius 3 is 2.31 bits per heavy atom. The molecule has 0 radical (unpaired) electrons. The van der Waals surface area contributed by atoms with E-state index >= 15 is 0 Å². The monoisotopic (exact) mass is 379 g/mol. The quantitative estimate of drug-likeness (QED) is 0.542. The van der Waals surface area contributed by atoms with E-state index in [1.165, 1.54) is 27.6 Å². The highest BCUT2D eigenvalue weighted by Gasteiger charge is 2.15. The zero-order chi connectivity index (χ0) is 19.5. The van der Waals surface area contributed by atoms with Crippen molar-refractivity contribution in [3.63, 3.8) is 0 Å². The second kappa shape index (κ2) is 8.16. The fourth-order valence-electron chi connectivity index (χ4n) is 4.22. The highest BCUT2D eigenvalue weighted by atomic mass is 15.2. The van der Waals surface area contributed by atoms with Crippen molar-refractivity contribution in [3.05, 3.63) is 90.6 Å². The number of rotatable bonds is 4. The van der Waals surface area contributed by atoms with Crippen LogP contribution in [0.4, 0.5) is 0 Å². The SMILES string of the molecule is c1ccc(-c2ccccc2-c2cnc3ccccc3c2)c(CN2CCNCC2)c1. The third-order valence-corrected chi connectivity index (χ3v) is 5.74. The summed E-state index contributed by atoms with van der Waals surface area (Å²) in [5.41, 5.74) is 7.41. The number of nitrogens with one attached hydrogen (secondary N) is 1. The summed E-state index contributed by atoms with van der Waals surface area (Å²) in [5, 5.41) is 4.62. The van der Waals surface area contributed by atoms with E-state index in [1.54, 1.807) is 0 Å². The first kappa shape index (κ1) is 18.0. The number of pyridine rings is 1. The van der Waals surface area contributed by atoms with Gasteiger partial charge in [-0.1, -0.05) is 66.7 Å². The van der Waals surface area contributed by atoms with Crippen molar-refractivity contribution in [2.45, 2.75) is 6.54 Å². The topological polar surface area (TPSA) is 28.2 Å². The number of hydrogen-bond donors (Lipinski definition) is 1. The largest absolute Gasteiger partial charge is 0.314 e. The first-order chi connectivity index (χ1) is 14.4. The molecule has 144 valence electrons. The molecule has 0 unspecified atom stereocenters. The summed E-state index contributed by atoms with van der Waals surface area (Å²) >= 11 is 0. The molecule has 0 aliphatic carbocycles. The molecule has 3 heteroatoms. The number of hydrogen-bond acceptors (Lipinski definition) is 3. The van der Waals surface area contributed by atoms with Gasteiger partial charge in [-0.3, -0.25) is 9.88 Å². The van der Waals surface area contributed by atoms with Gasteiger partial charge in [-0.2, -0.15) is 0 Å². The van der Waals surface area contributed by atoms with Gasteiger partial charge in [0, 0.05) is 49.9 Å². The minimum absolute atomic E-state index is 0.988. The molecule has 1 aliphatic heterocycles. The van der Waals surface area contributed by atoms with Crippen LogP contribution in [0.25, 0.3) is 33.2 Å². The number of benzene rings is 3. The van der Waals surface area contributed by atoms with E-state index in [0.717, 1.165) is 43.8 Å². The lowest BCUT2D eigenvalue weighted by Gasteiger charge is -2.28. The van der Waals surface area contributed by atoms with Gasteiger partial charge in [-0.15, -0.1) is 0 Å². The lowest BCUT2D eigenvalue weighted by Crippen LogP contribution is -2.42. The minimum atomic E-state index is 0.988. The Bertz CT molecular complexity index is 1130. The molecule has 0 amide bonds. The van der Waals surface area contributed by atoms with Crippen molar-refractivity contribution >= 4 is 10.9 Å². The summed E-state index contributed by atoms with van der Waals surface area (Å²) in [6.07, 6.45) is 2.00. The van der Waals surface area contributed by atoms with Gasteiger partial charge in [0.05, 0.1) is 5.52 Å². The lowest BCUT2D eigenvalue weighted by molar-refractivity contribution is 0.233. The van der Waals surface area contributed by atoms with E-state index in [-0.39, 0.29) is 0 Å². The molecule has 1 aromatic heterocycles. The van der Waals surface area contributed by atoms with E-state index in [9.17, 15) is 0 Å². The van der Waals surface area contributed by atoms with Crippen LogP contribution in [0.15, 0.2) is 85.1 Å². The molecule has 0 bridgehead atoms. The molecule has 5 rings (SSSR count). The molecule has 1 fully saturated rings. The van der Waals surface area contributed by atoms with Crippen molar-refractivity contribution in [1.82, 2.24) is 15.2 Å². The van der Waals surface area contributed by atoms with Crippen LogP contribution >= 0.6 is 0 Å². The van der Waals surface area contributed by atoms with Crippen LogP contribution in [-0.4, -0.2) is 36.1 Å². The highest BCUT2D eigenvalue weighted by molar-refractivity contribution is 5.89. The normalized spacial score (nSPS) is 14.9. The second-order valence-corrected chi connectivity index (χ2v) is 7.65. The molecule has 1 N–H and O–H groups in total. The number of aromatic nitrogens is 1. The molecular formula is C26H25N3. The Balaban J connectivity index is 1.57. The highest BCUT2D eigenvalue weighted by Crippen LogP contribution is 2.35. The maximum atomic E-state index is 4.69. The van der Waals surface area contributed by atoms with E-state index in [0.29, 0.717) is 0 Å². The number of nitrogens with zero attached hydrogens (tertiary/aromatic N) is 2. The van der Waals surface area contributed by atoms with Crippen LogP contribution in [0.5, 0.6) is 0 Å². The van der Waals surface area contributed by atoms with Gasteiger partial charge in [0.2, 0.25) is 0 Å². The maximum absolute atomic E-state index is 4.69. The number of piperazine rings is 1. The Morgan fingerprint density at radius 1 is 0.759 bits per heavy atom. The van der Waals surface area contributed by atoms with Crippen LogP contribution in [0.3, 0.4) is 0 Å². The van der Waals surface area contributed by atoms with Gasteiger partial charge in [0.15, 0.2) is 0 Å². The number of para-hydroxylation sites is 1. The molecule has 2 heterocycles. The van der Waals surface area contributed by atoms with Crippen molar-refractivity contribution in [3.8, 4) is 22.3 Å². The summed E-state index contributed by atoms with van der Waals surface area (Å²) in [5.74, 6) is 0. The molecule has 0 spiro atoms. The van der Waals surface area contributed by atoms with E-state index in [2.05, 4.69) is 83.0 Å². The summed E-state index contributed by atoms with van der Waals surface area (Å²) in [4.78, 5) is 7.23. The summed E-state index contributed by atoms with van der Waals surface area (Å²) < 4.78 is 0. The average Bonchev–Trinajstić information content (AvgIpc) is 2.80. The molecule has 3 nitrogen and oxygen atoms in total. The van der Waals surface area contributed by atoms with E-state index in [4.69, 9.17) is 4.98 Å². The van der Waals surface area contributed by atoms with Crippen LogP contribution in [0.1, 0.15) is 5.56 Å². The average molecular weight is 380 g/mol. The Morgan fingerprint density at radius 2 is 1.45 bits per heavy atom. The third kappa shape index (κ3) is 3.80. The Labute approximate surface area is 172 Å². The first-order valence-electron chi connectivity index (χ1n) is 10.3. The molecule has 1 aliphatic rings. The van der Waals surface area contributed by atoms with Crippen molar-refractivity contribution < 1.29 is 0 Å². The summed E-state index contributed by atoms with van der Waals surface area (Å²) in [7, 11) is 0. The van der Waals surface area contributed by atoms with Crippen LogP contribution in [0, 0.1) is 0 Å². The third-order valence-electron chi connectivity index (χ3n) is 5.74. The van der Waals surface area contributed by atoms with Crippen LogP contribution < -0.4 is 5.32 Å². The van der Waals surface area contributed by atoms with Crippen molar-refractivity contribution in [2.24, 2.45) is 0 Å². The smallest absolute Gasteiger partial charge is 0.0702 e. The molecule has 3 aromatic carbocycles. The fourth-order valence-corrected chi connectivity index (χ4v) is 4.22. The van der Waals surface area contributed by atoms with Gasteiger partial charge in [0.1, 0.15) is 0 Å². The summed E-state index contributed by atoms with van der Waals surface area (Å²) in [6, 6.07) is 28.1. The predicted octanol–water partition coefficient (Wildman–Crippen LogP) is 4.97. The fraction of sp³-hybridized carbons (Fsp3) is 0.192. The van der Waals surface area contributed by atoms with Crippen LogP contribution in [-0.2, 0) is 6.54 Å². The van der Waals surface area contributed by atoms with E-state index in [1.807, 2.05) is 12.3 Å². The van der Waals surface area contributed by atoms with Gasteiger partial charge in [-0.05, 0) is 34.4 Å². The minimum Gasteiger partial charge on any atom is -0.314 e. The molecule has 0 atom stereocenters. The second-order valence-electron chi connectivity index (χ2n) is 7.65. The van der Waals surface area contributed by atoms with E-state index < -0.39 is 0 Å². The maximum Gasteiger partial charge on any atom is 0.0702 e. The van der Waals surface area contributed by atoms with Crippen molar-refractivity contribution in [1.29, 1.82) is 0 Å². The zero-order valence-electron chi connectivity index (χ0n) is 16.5. The zero-order valence-corrected chi connectivity index (χ0v) is 16.5. The molecular weight excluding hydrogens is 354 g/mol. The molecule has 0 saturated carbocycles. The predicted molar refractivity (Wildman–Crippen MR) is 121 cm³/mol. The molecule has 1 saturated heterocycles. The summed E-state index contributed by atoms with van der Waals surface area (Å²) in [6.45, 7) is 5.33. The van der Waals surface area contributed by atoms with Gasteiger partial charge >= 0.3 is 0 Å². The number of fused-ring (bicyclic) bond motifs is 1. The van der Waals surface area contributed by atoms with Gasteiger partial charge in [-0.25, -0.2) is 0 Å². The van der Waals surface area contributed by atoms with Gasteiger partial charge in [0.25, 0.3) is 0 Å². The van der Waals surface area contributed by atoms with Gasteiger partial charge < -0.3 is 5.32 Å².